The molecule has 1 aliphatic rings. The van der Waals surface area contributed by atoms with Gasteiger partial charge in [0.15, 0.2) is 0 Å². The molecule has 11 heteroatoms. The first kappa shape index (κ1) is 23.4. The van der Waals surface area contributed by atoms with Crippen LogP contribution in [0.5, 0.6) is 0 Å². The summed E-state index contributed by atoms with van der Waals surface area (Å²) in [5.41, 5.74) is 1.42. The summed E-state index contributed by atoms with van der Waals surface area (Å²) < 4.78 is 36.3. The second-order valence-corrected chi connectivity index (χ2v) is 10.0. The summed E-state index contributed by atoms with van der Waals surface area (Å²) in [5, 5.41) is 7.17. The number of carbonyl (C=O) groups is 1. The van der Waals surface area contributed by atoms with Crippen LogP contribution in [0, 0.1) is 0 Å². The molecule has 1 aliphatic heterocycles. The fraction of sp³-hybridized carbons (Fsp3) is 0.500. The van der Waals surface area contributed by atoms with Crippen LogP contribution in [0.3, 0.4) is 0 Å². The van der Waals surface area contributed by atoms with Crippen molar-refractivity contribution in [2.45, 2.75) is 44.0 Å². The molecule has 1 saturated heterocycles. The van der Waals surface area contributed by atoms with E-state index in [4.69, 9.17) is 4.74 Å². The Hall–Kier alpha value is -2.76. The number of sulfonamides is 1. The molecule has 0 unspecified atom stereocenters. The molecule has 3 heterocycles. The molecule has 0 bridgehead atoms. The van der Waals surface area contributed by atoms with Crippen LogP contribution in [0.2, 0.25) is 0 Å². The minimum atomic E-state index is -3.59. The zero-order valence-corrected chi connectivity index (χ0v) is 19.8. The van der Waals surface area contributed by atoms with Gasteiger partial charge in [-0.05, 0) is 24.6 Å². The first-order valence-corrected chi connectivity index (χ1v) is 12.7. The van der Waals surface area contributed by atoms with Crippen LogP contribution in [0.15, 0.2) is 35.4 Å². The van der Waals surface area contributed by atoms with E-state index in [-0.39, 0.29) is 17.2 Å². The molecule has 1 fully saturated rings. The molecule has 0 saturated carbocycles. The third-order valence-corrected chi connectivity index (χ3v) is 7.73. The number of rotatable bonds is 9. The second kappa shape index (κ2) is 10.0. The Morgan fingerprint density at radius 2 is 2.00 bits per heavy atom. The summed E-state index contributed by atoms with van der Waals surface area (Å²) in [6.45, 7) is 4.37. The summed E-state index contributed by atoms with van der Waals surface area (Å²) in [7, 11) is -1.72. The fourth-order valence-electron chi connectivity index (χ4n) is 3.91. The van der Waals surface area contributed by atoms with Gasteiger partial charge in [-0.15, -0.1) is 0 Å². The highest BCUT2D eigenvalue weighted by Crippen LogP contribution is 2.23. The van der Waals surface area contributed by atoms with Gasteiger partial charge >= 0.3 is 0 Å². The number of anilines is 1. The van der Waals surface area contributed by atoms with E-state index in [0.29, 0.717) is 44.1 Å². The molecular weight excluding hydrogens is 444 g/mol. The number of nitrogens with zero attached hydrogens (tertiary/aromatic N) is 5. The van der Waals surface area contributed by atoms with E-state index in [0.717, 1.165) is 30.7 Å². The SMILES string of the molecule is CCCCn1nccc1NC(=O)CCc1nc2cc(S(=O)(=O)N3CCOCC3)ccc2n1C. The number of aromatic nitrogens is 4. The second-order valence-electron chi connectivity index (χ2n) is 8.10. The molecule has 0 atom stereocenters. The van der Waals surface area contributed by atoms with E-state index < -0.39 is 10.0 Å². The van der Waals surface area contributed by atoms with Gasteiger partial charge in [0.25, 0.3) is 0 Å². The number of hydrogen-bond acceptors (Lipinski definition) is 6. The van der Waals surface area contributed by atoms with Crippen LogP contribution < -0.4 is 5.32 Å². The molecule has 1 amide bonds. The molecule has 0 aliphatic carbocycles. The number of nitrogens with one attached hydrogen (secondary N) is 1. The van der Waals surface area contributed by atoms with E-state index in [1.54, 1.807) is 35.1 Å². The van der Waals surface area contributed by atoms with Crippen LogP contribution in [0.25, 0.3) is 11.0 Å². The van der Waals surface area contributed by atoms with E-state index in [1.165, 1.54) is 4.31 Å². The van der Waals surface area contributed by atoms with Crippen LogP contribution in [0.1, 0.15) is 32.0 Å². The van der Waals surface area contributed by atoms with Crippen molar-refractivity contribution in [1.29, 1.82) is 0 Å². The maximum Gasteiger partial charge on any atom is 0.243 e. The van der Waals surface area contributed by atoms with Gasteiger partial charge in [-0.2, -0.15) is 9.40 Å². The van der Waals surface area contributed by atoms with E-state index in [1.807, 2.05) is 11.6 Å². The van der Waals surface area contributed by atoms with Crippen molar-refractivity contribution in [2.24, 2.45) is 7.05 Å². The topological polar surface area (TPSA) is 111 Å². The molecule has 10 nitrogen and oxygen atoms in total. The normalized spacial score (nSPS) is 15.2. The minimum Gasteiger partial charge on any atom is -0.379 e. The highest BCUT2D eigenvalue weighted by Gasteiger charge is 2.27. The van der Waals surface area contributed by atoms with Gasteiger partial charge in [0.2, 0.25) is 15.9 Å². The lowest BCUT2D eigenvalue weighted by molar-refractivity contribution is -0.116. The van der Waals surface area contributed by atoms with Crippen molar-refractivity contribution >= 4 is 32.8 Å². The van der Waals surface area contributed by atoms with Gasteiger partial charge in [0.05, 0.1) is 35.3 Å². The fourth-order valence-corrected chi connectivity index (χ4v) is 5.33. The standard InChI is InChI=1S/C22H30N6O4S/c1-3-4-11-28-21(9-10-23-28)25-22(29)8-7-20-24-18-16-17(5-6-19(18)26(20)2)33(30,31)27-12-14-32-15-13-27/h5-6,9-10,16H,3-4,7-8,11-15H2,1-2H3,(H,25,29). The van der Waals surface area contributed by atoms with Crippen molar-refractivity contribution in [3.63, 3.8) is 0 Å². The van der Waals surface area contributed by atoms with Crippen LogP contribution in [-0.4, -0.2) is 64.3 Å². The summed E-state index contributed by atoms with van der Waals surface area (Å²) in [6, 6.07) is 6.78. The minimum absolute atomic E-state index is 0.115. The Labute approximate surface area is 193 Å². The molecule has 1 aromatic carbocycles. The number of amides is 1. The lowest BCUT2D eigenvalue weighted by Crippen LogP contribution is -2.40. The van der Waals surface area contributed by atoms with Gasteiger partial charge in [0.1, 0.15) is 11.6 Å². The van der Waals surface area contributed by atoms with E-state index >= 15 is 0 Å². The van der Waals surface area contributed by atoms with Crippen LogP contribution in [-0.2, 0) is 39.6 Å². The van der Waals surface area contributed by atoms with Gasteiger partial charge in [-0.25, -0.2) is 18.1 Å². The predicted octanol–water partition coefficient (Wildman–Crippen LogP) is 2.16. The highest BCUT2D eigenvalue weighted by molar-refractivity contribution is 7.89. The summed E-state index contributed by atoms with van der Waals surface area (Å²) >= 11 is 0. The summed E-state index contributed by atoms with van der Waals surface area (Å²) in [5.74, 6) is 1.30. The Morgan fingerprint density at radius 3 is 2.76 bits per heavy atom. The monoisotopic (exact) mass is 474 g/mol. The third-order valence-electron chi connectivity index (χ3n) is 5.84. The maximum absolute atomic E-state index is 13.0. The lowest BCUT2D eigenvalue weighted by Gasteiger charge is -2.26. The molecule has 3 aromatic rings. The molecular formula is C22H30N6O4S. The number of ether oxygens (including phenoxy) is 1. The molecule has 2 aromatic heterocycles. The van der Waals surface area contributed by atoms with Crippen molar-refractivity contribution in [3.05, 3.63) is 36.3 Å². The Bertz CT molecular complexity index is 1230. The summed E-state index contributed by atoms with van der Waals surface area (Å²) in [4.78, 5) is 17.4. The smallest absolute Gasteiger partial charge is 0.243 e. The highest BCUT2D eigenvalue weighted by atomic mass is 32.2. The van der Waals surface area contributed by atoms with Crippen LogP contribution in [0.4, 0.5) is 5.82 Å². The molecule has 178 valence electrons. The largest absolute Gasteiger partial charge is 0.379 e. The Kier molecular flexibility index (Phi) is 7.11. The quantitative estimate of drug-likeness (QED) is 0.509. The zero-order chi connectivity index (χ0) is 23.4. The van der Waals surface area contributed by atoms with Gasteiger partial charge in [-0.1, -0.05) is 13.3 Å². The van der Waals surface area contributed by atoms with E-state index in [2.05, 4.69) is 22.3 Å². The Morgan fingerprint density at radius 1 is 1.21 bits per heavy atom. The van der Waals surface area contributed by atoms with Crippen molar-refractivity contribution < 1.29 is 17.9 Å². The Balaban J connectivity index is 1.45. The number of aryl methyl sites for hydroxylation is 3. The zero-order valence-electron chi connectivity index (χ0n) is 19.0. The van der Waals surface area contributed by atoms with Crippen LogP contribution >= 0.6 is 0 Å². The first-order valence-electron chi connectivity index (χ1n) is 11.2. The number of hydrogen-bond donors (Lipinski definition) is 1. The number of fused-ring (bicyclic) bond motifs is 1. The predicted molar refractivity (Wildman–Crippen MR) is 124 cm³/mol. The molecule has 1 N–H and O–H groups in total. The maximum atomic E-state index is 13.0. The number of imidazole rings is 1. The molecule has 33 heavy (non-hydrogen) atoms. The average molecular weight is 475 g/mol. The van der Waals surface area contributed by atoms with Gasteiger partial charge < -0.3 is 14.6 Å². The van der Waals surface area contributed by atoms with Crippen molar-refractivity contribution in [3.8, 4) is 0 Å². The first-order chi connectivity index (χ1) is 15.9. The number of benzene rings is 1. The number of carbonyl (C=O) groups excluding carboxylic acids is 1. The van der Waals surface area contributed by atoms with Crippen molar-refractivity contribution in [1.82, 2.24) is 23.6 Å². The lowest BCUT2D eigenvalue weighted by atomic mass is 10.3. The van der Waals surface area contributed by atoms with E-state index in [9.17, 15) is 13.2 Å². The van der Waals surface area contributed by atoms with Gasteiger partial charge in [-0.3, -0.25) is 4.79 Å². The van der Waals surface area contributed by atoms with Gasteiger partial charge in [0, 0.05) is 45.6 Å². The number of morpholine rings is 1. The number of unbranched alkanes of at least 4 members (excludes halogenated alkanes) is 1. The average Bonchev–Trinajstić information content (AvgIpc) is 3.40. The molecule has 0 radical (unpaired) electrons. The van der Waals surface area contributed by atoms with Crippen molar-refractivity contribution in [2.75, 3.05) is 31.6 Å². The summed E-state index contributed by atoms with van der Waals surface area (Å²) in [6.07, 6.45) is 4.42. The molecule has 0 spiro atoms. The molecule has 4 rings (SSSR count). The third kappa shape index (κ3) is 5.10.